The second kappa shape index (κ2) is 8.86. The standard InChI is InChI=1S/C19H25NO5S2/c1-4-26(21,22)25-18-12-10-17(11-13-18)15-20(14-16(2)3)27(23,24)19-8-6-5-7-9-19/h5-13,16H,4,14-15H2,1-3H3. The van der Waals surface area contributed by atoms with Crippen LogP contribution < -0.4 is 4.18 Å². The molecule has 0 bridgehead atoms. The molecule has 0 aliphatic heterocycles. The van der Waals surface area contributed by atoms with Crippen LogP contribution in [-0.4, -0.2) is 33.4 Å². The molecule has 0 N–H and O–H groups in total. The van der Waals surface area contributed by atoms with Crippen molar-refractivity contribution in [3.05, 3.63) is 60.2 Å². The number of sulfonamides is 1. The van der Waals surface area contributed by atoms with Crippen LogP contribution in [0.1, 0.15) is 26.3 Å². The molecule has 0 saturated carbocycles. The maximum Gasteiger partial charge on any atom is 0.308 e. The van der Waals surface area contributed by atoms with E-state index in [2.05, 4.69) is 0 Å². The van der Waals surface area contributed by atoms with Gasteiger partial charge in [0.05, 0.1) is 10.6 Å². The van der Waals surface area contributed by atoms with Crippen LogP contribution in [0.25, 0.3) is 0 Å². The minimum atomic E-state index is -3.63. The van der Waals surface area contributed by atoms with Crippen molar-refractivity contribution in [2.75, 3.05) is 12.3 Å². The normalized spacial score (nSPS) is 12.5. The lowest BCUT2D eigenvalue weighted by atomic mass is 10.2. The highest BCUT2D eigenvalue weighted by Crippen LogP contribution is 2.21. The summed E-state index contributed by atoms with van der Waals surface area (Å²) in [6.45, 7) is 5.98. The number of rotatable bonds is 9. The fraction of sp³-hybridized carbons (Fsp3) is 0.368. The summed E-state index contributed by atoms with van der Waals surface area (Å²) in [5.41, 5.74) is 0.747. The molecule has 0 aliphatic carbocycles. The van der Waals surface area contributed by atoms with Crippen molar-refractivity contribution < 1.29 is 21.0 Å². The Hall–Kier alpha value is -1.90. The molecular weight excluding hydrogens is 386 g/mol. The van der Waals surface area contributed by atoms with Gasteiger partial charge in [-0.15, -0.1) is 0 Å². The molecule has 0 aromatic heterocycles. The van der Waals surface area contributed by atoms with Crippen molar-refractivity contribution in [2.24, 2.45) is 5.92 Å². The lowest BCUT2D eigenvalue weighted by molar-refractivity contribution is 0.362. The van der Waals surface area contributed by atoms with Crippen molar-refractivity contribution in [1.82, 2.24) is 4.31 Å². The zero-order valence-electron chi connectivity index (χ0n) is 15.7. The molecule has 0 saturated heterocycles. The molecule has 0 amide bonds. The topological polar surface area (TPSA) is 80.8 Å². The molecule has 0 radical (unpaired) electrons. The summed E-state index contributed by atoms with van der Waals surface area (Å²) in [6, 6.07) is 14.7. The van der Waals surface area contributed by atoms with Crippen LogP contribution in [-0.2, 0) is 26.7 Å². The molecule has 148 valence electrons. The Kier molecular flexibility index (Phi) is 7.02. The molecule has 2 aromatic carbocycles. The second-order valence-electron chi connectivity index (χ2n) is 6.58. The number of hydrogen-bond acceptors (Lipinski definition) is 5. The van der Waals surface area contributed by atoms with E-state index in [0.29, 0.717) is 6.54 Å². The highest BCUT2D eigenvalue weighted by atomic mass is 32.2. The lowest BCUT2D eigenvalue weighted by Gasteiger charge is -2.24. The van der Waals surface area contributed by atoms with Gasteiger partial charge >= 0.3 is 10.1 Å². The summed E-state index contributed by atoms with van der Waals surface area (Å²) in [5.74, 6) is 0.245. The fourth-order valence-electron chi connectivity index (χ4n) is 2.46. The molecule has 8 heteroatoms. The maximum atomic E-state index is 13.0. The van der Waals surface area contributed by atoms with Crippen LogP contribution in [0.2, 0.25) is 0 Å². The van der Waals surface area contributed by atoms with Gasteiger partial charge < -0.3 is 4.18 Å². The summed E-state index contributed by atoms with van der Waals surface area (Å²) in [7, 11) is -7.22. The van der Waals surface area contributed by atoms with E-state index in [1.165, 1.54) is 23.4 Å². The molecule has 0 fully saturated rings. The minimum absolute atomic E-state index is 0.119. The van der Waals surface area contributed by atoms with E-state index >= 15 is 0 Å². The Morgan fingerprint density at radius 1 is 0.926 bits per heavy atom. The van der Waals surface area contributed by atoms with Gasteiger partial charge in [-0.2, -0.15) is 12.7 Å². The van der Waals surface area contributed by atoms with E-state index in [0.717, 1.165) is 5.56 Å². The van der Waals surface area contributed by atoms with E-state index in [-0.39, 0.29) is 28.9 Å². The first-order valence-corrected chi connectivity index (χ1v) is 11.7. The smallest absolute Gasteiger partial charge is 0.308 e. The molecule has 0 spiro atoms. The molecule has 27 heavy (non-hydrogen) atoms. The first-order valence-electron chi connectivity index (χ1n) is 8.70. The monoisotopic (exact) mass is 411 g/mol. The summed E-state index contributed by atoms with van der Waals surface area (Å²) >= 11 is 0. The first kappa shape index (κ1) is 21.4. The Morgan fingerprint density at radius 3 is 2.04 bits per heavy atom. The first-order chi connectivity index (χ1) is 12.6. The third-order valence-electron chi connectivity index (χ3n) is 3.81. The highest BCUT2D eigenvalue weighted by molar-refractivity contribution is 7.89. The molecule has 6 nitrogen and oxygen atoms in total. The third-order valence-corrected chi connectivity index (χ3v) is 6.79. The SMILES string of the molecule is CCS(=O)(=O)Oc1ccc(CN(CC(C)C)S(=O)(=O)c2ccccc2)cc1. The van der Waals surface area contributed by atoms with E-state index in [1.54, 1.807) is 42.5 Å². The second-order valence-corrected chi connectivity index (χ2v) is 10.4. The molecule has 2 aromatic rings. The molecule has 0 aliphatic rings. The lowest BCUT2D eigenvalue weighted by Crippen LogP contribution is -2.33. The van der Waals surface area contributed by atoms with Crippen LogP contribution in [0.5, 0.6) is 5.75 Å². The van der Waals surface area contributed by atoms with Gasteiger partial charge in [0.15, 0.2) is 0 Å². The maximum absolute atomic E-state index is 13.0. The number of hydrogen-bond donors (Lipinski definition) is 0. The van der Waals surface area contributed by atoms with Crippen molar-refractivity contribution in [3.8, 4) is 5.75 Å². The van der Waals surface area contributed by atoms with Crippen LogP contribution in [0.3, 0.4) is 0 Å². The third kappa shape index (κ3) is 6.05. The van der Waals surface area contributed by atoms with E-state index in [9.17, 15) is 16.8 Å². The Morgan fingerprint density at radius 2 is 1.52 bits per heavy atom. The molecule has 0 atom stereocenters. The predicted molar refractivity (Wildman–Crippen MR) is 105 cm³/mol. The molecule has 0 unspecified atom stereocenters. The quantitative estimate of drug-likeness (QED) is 0.592. The summed E-state index contributed by atoms with van der Waals surface area (Å²) in [6.07, 6.45) is 0. The van der Waals surface area contributed by atoms with Crippen molar-refractivity contribution in [1.29, 1.82) is 0 Å². The van der Waals surface area contributed by atoms with Gasteiger partial charge in [0.2, 0.25) is 10.0 Å². The van der Waals surface area contributed by atoms with Crippen LogP contribution in [0.4, 0.5) is 0 Å². The summed E-state index contributed by atoms with van der Waals surface area (Å²) < 4.78 is 55.4. The zero-order chi connectivity index (χ0) is 20.1. The van der Waals surface area contributed by atoms with E-state index in [4.69, 9.17) is 4.18 Å². The predicted octanol–water partition coefficient (Wildman–Crippen LogP) is 3.26. The molecule has 0 heterocycles. The Balaban J connectivity index is 2.24. The van der Waals surface area contributed by atoms with E-state index in [1.807, 2.05) is 13.8 Å². The summed E-state index contributed by atoms with van der Waals surface area (Å²) in [5, 5.41) is 0. The molecular formula is C19H25NO5S2. The van der Waals surface area contributed by atoms with Gasteiger partial charge in [-0.25, -0.2) is 8.42 Å². The number of benzene rings is 2. The van der Waals surface area contributed by atoms with Gasteiger partial charge in [-0.05, 0) is 42.7 Å². The Bertz CT molecular complexity index is 937. The van der Waals surface area contributed by atoms with Gasteiger partial charge in [0.1, 0.15) is 5.75 Å². The zero-order valence-corrected chi connectivity index (χ0v) is 17.3. The Labute approximate surface area is 162 Å². The fourth-order valence-corrected chi connectivity index (χ4v) is 4.59. The summed E-state index contributed by atoms with van der Waals surface area (Å²) in [4.78, 5) is 0.250. The van der Waals surface area contributed by atoms with Crippen LogP contribution >= 0.6 is 0 Å². The van der Waals surface area contributed by atoms with Crippen molar-refractivity contribution in [3.63, 3.8) is 0 Å². The number of nitrogens with zero attached hydrogens (tertiary/aromatic N) is 1. The molecule has 2 rings (SSSR count). The van der Waals surface area contributed by atoms with Crippen LogP contribution in [0.15, 0.2) is 59.5 Å². The van der Waals surface area contributed by atoms with Crippen molar-refractivity contribution in [2.45, 2.75) is 32.2 Å². The average molecular weight is 412 g/mol. The van der Waals surface area contributed by atoms with E-state index < -0.39 is 20.1 Å². The van der Waals surface area contributed by atoms with Gasteiger partial charge in [0.25, 0.3) is 0 Å². The van der Waals surface area contributed by atoms with Gasteiger partial charge in [0, 0.05) is 13.1 Å². The average Bonchev–Trinajstić information content (AvgIpc) is 2.63. The van der Waals surface area contributed by atoms with Gasteiger partial charge in [-0.1, -0.05) is 44.2 Å². The van der Waals surface area contributed by atoms with Crippen LogP contribution in [0, 0.1) is 5.92 Å². The van der Waals surface area contributed by atoms with Gasteiger partial charge in [-0.3, -0.25) is 0 Å². The largest absolute Gasteiger partial charge is 0.382 e. The minimum Gasteiger partial charge on any atom is -0.382 e. The van der Waals surface area contributed by atoms with Crippen molar-refractivity contribution >= 4 is 20.1 Å². The highest BCUT2D eigenvalue weighted by Gasteiger charge is 2.25.